The Hall–Kier alpha value is -3.27. The summed E-state index contributed by atoms with van der Waals surface area (Å²) in [5.74, 6) is 1.14. The molecule has 0 radical (unpaired) electrons. The molecule has 1 amide bonds. The van der Waals surface area contributed by atoms with Gasteiger partial charge in [0.05, 0.1) is 26.2 Å². The van der Waals surface area contributed by atoms with Crippen LogP contribution in [0.5, 0.6) is 11.5 Å². The van der Waals surface area contributed by atoms with Crippen LogP contribution in [0.25, 0.3) is 0 Å². The van der Waals surface area contributed by atoms with E-state index in [1.54, 1.807) is 24.3 Å². The molecule has 0 unspecified atom stereocenters. The summed E-state index contributed by atoms with van der Waals surface area (Å²) in [7, 11) is 2.80. The van der Waals surface area contributed by atoms with Gasteiger partial charge in [0.1, 0.15) is 12.4 Å². The lowest BCUT2D eigenvalue weighted by Gasteiger charge is -2.12. The van der Waals surface area contributed by atoms with Gasteiger partial charge in [-0.2, -0.15) is 5.10 Å². The molecule has 146 valence electrons. The molecule has 1 fully saturated rings. The average molecular weight is 403 g/mol. The number of amidine groups is 1. The summed E-state index contributed by atoms with van der Waals surface area (Å²) in [6, 6.07) is 8.45. The number of benzene rings is 1. The van der Waals surface area contributed by atoms with E-state index < -0.39 is 5.97 Å². The van der Waals surface area contributed by atoms with Crippen LogP contribution in [0.3, 0.4) is 0 Å². The first-order valence-electron chi connectivity index (χ1n) is 8.11. The van der Waals surface area contributed by atoms with Gasteiger partial charge in [0.15, 0.2) is 16.7 Å². The van der Waals surface area contributed by atoms with Crippen molar-refractivity contribution in [3.8, 4) is 11.5 Å². The van der Waals surface area contributed by atoms with E-state index in [1.165, 1.54) is 38.3 Å². The van der Waals surface area contributed by atoms with Gasteiger partial charge in [-0.05, 0) is 24.3 Å². The van der Waals surface area contributed by atoms with Gasteiger partial charge in [-0.1, -0.05) is 17.8 Å². The van der Waals surface area contributed by atoms with E-state index in [4.69, 9.17) is 13.9 Å². The van der Waals surface area contributed by atoms with Crippen LogP contribution in [0.1, 0.15) is 21.9 Å². The number of ether oxygens (including phenoxy) is 3. The van der Waals surface area contributed by atoms with Gasteiger partial charge in [0.25, 0.3) is 0 Å². The smallest absolute Gasteiger partial charge is 0.373 e. The number of nitrogens with one attached hydrogen (secondary N) is 1. The molecule has 1 aromatic carbocycles. The molecule has 1 aromatic heterocycles. The number of methoxy groups -OCH3 is 2. The van der Waals surface area contributed by atoms with E-state index in [0.717, 1.165) is 0 Å². The lowest BCUT2D eigenvalue weighted by atomic mass is 10.2. The molecule has 0 saturated carbocycles. The van der Waals surface area contributed by atoms with E-state index >= 15 is 0 Å². The lowest BCUT2D eigenvalue weighted by Crippen LogP contribution is -2.19. The zero-order valence-corrected chi connectivity index (χ0v) is 15.9. The third-order valence-electron chi connectivity index (χ3n) is 3.57. The fraction of sp³-hybridized carbons (Fsp3) is 0.222. The van der Waals surface area contributed by atoms with Gasteiger partial charge in [-0.15, -0.1) is 5.10 Å². The molecule has 0 bridgehead atoms. The molecule has 1 aliphatic heterocycles. The van der Waals surface area contributed by atoms with Gasteiger partial charge in [-0.3, -0.25) is 4.79 Å². The van der Waals surface area contributed by atoms with Gasteiger partial charge in [0.2, 0.25) is 11.7 Å². The van der Waals surface area contributed by atoms with Crippen molar-refractivity contribution in [1.29, 1.82) is 0 Å². The van der Waals surface area contributed by atoms with Crippen LogP contribution in [-0.4, -0.2) is 43.2 Å². The van der Waals surface area contributed by atoms with Crippen LogP contribution >= 0.6 is 11.8 Å². The number of thioether (sulfide) groups is 1. The predicted molar refractivity (Wildman–Crippen MR) is 103 cm³/mol. The van der Waals surface area contributed by atoms with E-state index in [1.807, 2.05) is 0 Å². The molecule has 0 atom stereocenters. The molecule has 9 nitrogen and oxygen atoms in total. The number of carbonyl (C=O) groups excluding carboxylic acids is 2. The summed E-state index contributed by atoms with van der Waals surface area (Å²) >= 11 is 1.28. The van der Waals surface area contributed by atoms with Crippen LogP contribution < -0.4 is 14.8 Å². The Morgan fingerprint density at radius 3 is 2.89 bits per heavy atom. The predicted octanol–water partition coefficient (Wildman–Crippen LogP) is 2.21. The van der Waals surface area contributed by atoms with Gasteiger partial charge >= 0.3 is 5.97 Å². The summed E-state index contributed by atoms with van der Waals surface area (Å²) in [4.78, 5) is 22.6. The molecular weight excluding hydrogens is 386 g/mol. The van der Waals surface area contributed by atoms with Crippen LogP contribution in [0.2, 0.25) is 0 Å². The largest absolute Gasteiger partial charge is 0.493 e. The fourth-order valence-electron chi connectivity index (χ4n) is 2.28. The number of hydrogen-bond donors (Lipinski definition) is 1. The van der Waals surface area contributed by atoms with Gasteiger partial charge < -0.3 is 23.9 Å². The Balaban J connectivity index is 1.75. The number of amides is 1. The SMILES string of the molecule is COC(=O)c1ccc(COc2c(C=NN=C3NC(=O)CS3)cccc2OC)o1. The van der Waals surface area contributed by atoms with Crippen molar-refractivity contribution in [2.24, 2.45) is 10.2 Å². The van der Waals surface area contributed by atoms with Crippen LogP contribution in [0, 0.1) is 0 Å². The number of esters is 1. The zero-order chi connectivity index (χ0) is 19.9. The highest BCUT2D eigenvalue weighted by Gasteiger charge is 2.16. The summed E-state index contributed by atoms with van der Waals surface area (Å²) in [5.41, 5.74) is 0.623. The van der Waals surface area contributed by atoms with E-state index in [2.05, 4.69) is 20.3 Å². The van der Waals surface area contributed by atoms with Gasteiger partial charge in [-0.25, -0.2) is 4.79 Å². The third kappa shape index (κ3) is 4.71. The molecule has 1 N–H and O–H groups in total. The highest BCUT2D eigenvalue weighted by molar-refractivity contribution is 8.15. The second-order valence-electron chi connectivity index (χ2n) is 5.41. The number of nitrogens with zero attached hydrogens (tertiary/aromatic N) is 2. The van der Waals surface area contributed by atoms with Crippen molar-refractivity contribution in [3.63, 3.8) is 0 Å². The van der Waals surface area contributed by atoms with E-state index in [9.17, 15) is 9.59 Å². The number of carbonyl (C=O) groups is 2. The molecule has 1 aliphatic rings. The number of furan rings is 1. The quantitative estimate of drug-likeness (QED) is 0.428. The molecule has 2 aromatic rings. The Kier molecular flexibility index (Phi) is 6.33. The highest BCUT2D eigenvalue weighted by atomic mass is 32.2. The Morgan fingerprint density at radius 2 is 2.18 bits per heavy atom. The Morgan fingerprint density at radius 1 is 1.32 bits per heavy atom. The maximum absolute atomic E-state index is 11.5. The molecule has 0 spiro atoms. The fourth-order valence-corrected chi connectivity index (χ4v) is 2.91. The van der Waals surface area contributed by atoms with Crippen molar-refractivity contribution in [2.45, 2.75) is 6.61 Å². The Labute approximate surface area is 164 Å². The van der Waals surface area contributed by atoms with Crippen molar-refractivity contribution in [1.82, 2.24) is 5.32 Å². The summed E-state index contributed by atoms with van der Waals surface area (Å²) in [6.45, 7) is 0.0681. The molecule has 2 heterocycles. The average Bonchev–Trinajstić information content (AvgIpc) is 3.35. The minimum Gasteiger partial charge on any atom is -0.493 e. The van der Waals surface area contributed by atoms with Crippen molar-refractivity contribution < 1.29 is 28.2 Å². The summed E-state index contributed by atoms with van der Waals surface area (Å²) in [5, 5.41) is 11.0. The maximum atomic E-state index is 11.5. The molecule has 28 heavy (non-hydrogen) atoms. The van der Waals surface area contributed by atoms with Crippen molar-refractivity contribution in [3.05, 3.63) is 47.4 Å². The number of para-hydroxylation sites is 1. The monoisotopic (exact) mass is 403 g/mol. The molecule has 1 saturated heterocycles. The Bertz CT molecular complexity index is 937. The number of hydrogen-bond acceptors (Lipinski definition) is 9. The third-order valence-corrected chi connectivity index (χ3v) is 4.43. The first kappa shape index (κ1) is 19.5. The van der Waals surface area contributed by atoms with Crippen molar-refractivity contribution in [2.75, 3.05) is 20.0 Å². The normalized spacial score (nSPS) is 15.1. The van der Waals surface area contributed by atoms with Crippen LogP contribution in [0.4, 0.5) is 0 Å². The summed E-state index contributed by atoms with van der Waals surface area (Å²) < 4.78 is 21.2. The van der Waals surface area contributed by atoms with Crippen LogP contribution in [0.15, 0.2) is 45.0 Å². The number of rotatable bonds is 7. The second-order valence-corrected chi connectivity index (χ2v) is 6.38. The van der Waals surface area contributed by atoms with Crippen LogP contribution in [-0.2, 0) is 16.1 Å². The van der Waals surface area contributed by atoms with E-state index in [-0.39, 0.29) is 18.3 Å². The second kappa shape index (κ2) is 9.09. The minimum atomic E-state index is -0.563. The molecule has 3 rings (SSSR count). The molecule has 0 aliphatic carbocycles. The minimum absolute atomic E-state index is 0.0681. The van der Waals surface area contributed by atoms with E-state index in [0.29, 0.717) is 33.7 Å². The molecule has 10 heteroatoms. The first-order chi connectivity index (χ1) is 13.6. The van der Waals surface area contributed by atoms with Gasteiger partial charge in [0, 0.05) is 5.56 Å². The molecular formula is C18H17N3O6S. The topological polar surface area (TPSA) is 112 Å². The van der Waals surface area contributed by atoms with Crippen molar-refractivity contribution >= 4 is 35.0 Å². The summed E-state index contributed by atoms with van der Waals surface area (Å²) in [6.07, 6.45) is 1.50. The highest BCUT2D eigenvalue weighted by Crippen LogP contribution is 2.31. The maximum Gasteiger partial charge on any atom is 0.373 e. The lowest BCUT2D eigenvalue weighted by molar-refractivity contribution is -0.116. The zero-order valence-electron chi connectivity index (χ0n) is 15.1. The standard InChI is InChI=1S/C18H17N3O6S/c1-24-13-5-3-4-11(8-19-21-18-20-15(22)10-28-18)16(13)26-9-12-6-7-14(27-12)17(23)25-2/h3-8H,9-10H2,1-2H3,(H,20,21,22). The first-order valence-corrected chi connectivity index (χ1v) is 9.09.